The standard InChI is InChI=1S/C21H24FN3O3/c22-19-16(6-3-8-18(19)26)20-23-17-7-2-1-5-15(17)21(27)25(20)10-4-9-24-11-13-28-14-12-24/h1-3,5-8,20,23,26H,4,9-14H2. The summed E-state index contributed by atoms with van der Waals surface area (Å²) in [5.41, 5.74) is 1.50. The minimum atomic E-state index is -0.703. The predicted molar refractivity (Wildman–Crippen MR) is 104 cm³/mol. The lowest BCUT2D eigenvalue weighted by Gasteiger charge is -2.38. The number of nitrogens with one attached hydrogen (secondary N) is 1. The molecular weight excluding hydrogens is 361 g/mol. The zero-order chi connectivity index (χ0) is 19.5. The summed E-state index contributed by atoms with van der Waals surface area (Å²) < 4.78 is 20.0. The molecule has 0 aromatic heterocycles. The van der Waals surface area contributed by atoms with Crippen LogP contribution in [0.15, 0.2) is 42.5 Å². The topological polar surface area (TPSA) is 65.0 Å². The van der Waals surface area contributed by atoms with E-state index in [4.69, 9.17) is 4.74 Å². The van der Waals surface area contributed by atoms with Gasteiger partial charge in [0, 0.05) is 37.4 Å². The first-order chi connectivity index (χ1) is 13.6. The number of hydrogen-bond acceptors (Lipinski definition) is 5. The van der Waals surface area contributed by atoms with Crippen LogP contribution in [-0.2, 0) is 4.74 Å². The maximum Gasteiger partial charge on any atom is 0.257 e. The Bertz CT molecular complexity index is 855. The Morgan fingerprint density at radius 3 is 2.71 bits per heavy atom. The molecule has 0 radical (unpaired) electrons. The predicted octanol–water partition coefficient (Wildman–Crippen LogP) is 2.82. The smallest absolute Gasteiger partial charge is 0.257 e. The van der Waals surface area contributed by atoms with Gasteiger partial charge in [-0.3, -0.25) is 9.69 Å². The Kier molecular flexibility index (Phi) is 5.45. The van der Waals surface area contributed by atoms with Crippen molar-refractivity contribution in [2.24, 2.45) is 0 Å². The highest BCUT2D eigenvalue weighted by molar-refractivity contribution is 6.01. The van der Waals surface area contributed by atoms with E-state index in [-0.39, 0.29) is 11.5 Å². The first-order valence-corrected chi connectivity index (χ1v) is 9.59. The van der Waals surface area contributed by atoms with Gasteiger partial charge in [0.2, 0.25) is 0 Å². The van der Waals surface area contributed by atoms with Gasteiger partial charge in [0.05, 0.1) is 18.8 Å². The number of aromatic hydroxyl groups is 1. The van der Waals surface area contributed by atoms with Gasteiger partial charge in [-0.15, -0.1) is 0 Å². The van der Waals surface area contributed by atoms with Gasteiger partial charge in [0.1, 0.15) is 6.17 Å². The number of ether oxygens (including phenoxy) is 1. The van der Waals surface area contributed by atoms with Crippen molar-refractivity contribution in [1.82, 2.24) is 9.80 Å². The van der Waals surface area contributed by atoms with Gasteiger partial charge < -0.3 is 20.1 Å². The Morgan fingerprint density at radius 1 is 1.11 bits per heavy atom. The van der Waals surface area contributed by atoms with Crippen LogP contribution in [0.4, 0.5) is 10.1 Å². The van der Waals surface area contributed by atoms with Crippen molar-refractivity contribution in [2.45, 2.75) is 12.6 Å². The average Bonchev–Trinajstić information content (AvgIpc) is 2.72. The number of phenols is 1. The second-order valence-corrected chi connectivity index (χ2v) is 7.08. The van der Waals surface area contributed by atoms with E-state index in [0.29, 0.717) is 17.8 Å². The largest absolute Gasteiger partial charge is 0.505 e. The maximum atomic E-state index is 14.6. The van der Waals surface area contributed by atoms with Crippen molar-refractivity contribution < 1.29 is 19.0 Å². The summed E-state index contributed by atoms with van der Waals surface area (Å²) in [5, 5.41) is 13.1. The van der Waals surface area contributed by atoms with Crippen LogP contribution >= 0.6 is 0 Å². The normalized spacial score (nSPS) is 20.0. The quantitative estimate of drug-likeness (QED) is 0.829. The van der Waals surface area contributed by atoms with Crippen LogP contribution < -0.4 is 5.32 Å². The summed E-state index contributed by atoms with van der Waals surface area (Å²) in [6.45, 7) is 4.57. The van der Waals surface area contributed by atoms with Crippen LogP contribution in [0.3, 0.4) is 0 Å². The molecule has 148 valence electrons. The van der Waals surface area contributed by atoms with Crippen LogP contribution in [0, 0.1) is 5.82 Å². The zero-order valence-electron chi connectivity index (χ0n) is 15.6. The van der Waals surface area contributed by atoms with Crippen molar-refractivity contribution in [3.63, 3.8) is 0 Å². The molecule has 6 nitrogen and oxygen atoms in total. The van der Waals surface area contributed by atoms with Gasteiger partial charge in [-0.25, -0.2) is 4.39 Å². The Hall–Kier alpha value is -2.64. The summed E-state index contributed by atoms with van der Waals surface area (Å²) in [5.74, 6) is -1.26. The molecule has 2 aliphatic heterocycles. The molecular formula is C21H24FN3O3. The molecule has 2 heterocycles. The molecule has 2 aliphatic rings. The fraction of sp³-hybridized carbons (Fsp3) is 0.381. The van der Waals surface area contributed by atoms with Crippen LogP contribution in [0.1, 0.15) is 28.5 Å². The highest BCUT2D eigenvalue weighted by Gasteiger charge is 2.34. The number of rotatable bonds is 5. The summed E-state index contributed by atoms with van der Waals surface area (Å²) >= 11 is 0. The molecule has 0 aliphatic carbocycles. The Morgan fingerprint density at radius 2 is 1.89 bits per heavy atom. The molecule has 2 N–H and O–H groups in total. The van der Waals surface area contributed by atoms with E-state index in [1.54, 1.807) is 23.1 Å². The van der Waals surface area contributed by atoms with Crippen molar-refractivity contribution in [2.75, 3.05) is 44.7 Å². The minimum absolute atomic E-state index is 0.135. The number of halogens is 1. The second kappa shape index (κ2) is 8.16. The molecule has 1 atom stereocenters. The van der Waals surface area contributed by atoms with E-state index in [1.165, 1.54) is 6.07 Å². The van der Waals surface area contributed by atoms with Crippen molar-refractivity contribution in [1.29, 1.82) is 0 Å². The lowest BCUT2D eigenvalue weighted by atomic mass is 10.0. The number of carbonyl (C=O) groups excluding carboxylic acids is 1. The molecule has 0 spiro atoms. The number of hydrogen-bond donors (Lipinski definition) is 2. The van der Waals surface area contributed by atoms with E-state index in [1.807, 2.05) is 18.2 Å². The van der Waals surface area contributed by atoms with E-state index >= 15 is 0 Å². The number of benzene rings is 2. The third kappa shape index (κ3) is 3.68. The number of anilines is 1. The van der Waals surface area contributed by atoms with Gasteiger partial charge in [-0.1, -0.05) is 24.3 Å². The lowest BCUT2D eigenvalue weighted by Crippen LogP contribution is -2.45. The van der Waals surface area contributed by atoms with Crippen molar-refractivity contribution >= 4 is 11.6 Å². The van der Waals surface area contributed by atoms with Crippen LogP contribution in [0.25, 0.3) is 0 Å². The summed E-state index contributed by atoms with van der Waals surface area (Å²) in [6, 6.07) is 11.7. The van der Waals surface area contributed by atoms with E-state index in [9.17, 15) is 14.3 Å². The molecule has 0 saturated carbocycles. The first-order valence-electron chi connectivity index (χ1n) is 9.59. The molecule has 2 aromatic rings. The van der Waals surface area contributed by atoms with Crippen LogP contribution in [0.5, 0.6) is 5.75 Å². The van der Waals surface area contributed by atoms with E-state index in [2.05, 4.69) is 10.2 Å². The zero-order valence-corrected chi connectivity index (χ0v) is 15.6. The first kappa shape index (κ1) is 18.7. The maximum absolute atomic E-state index is 14.6. The highest BCUT2D eigenvalue weighted by Crippen LogP contribution is 2.35. The molecule has 1 fully saturated rings. The summed E-state index contributed by atoms with van der Waals surface area (Å²) in [6.07, 6.45) is 0.103. The number of phenolic OH excluding ortho intramolecular Hbond substituents is 1. The Balaban J connectivity index is 1.58. The van der Waals surface area contributed by atoms with Gasteiger partial charge in [-0.05, 0) is 24.6 Å². The Labute approximate surface area is 163 Å². The minimum Gasteiger partial charge on any atom is -0.505 e. The fourth-order valence-corrected chi connectivity index (χ4v) is 3.81. The molecule has 0 bridgehead atoms. The van der Waals surface area contributed by atoms with Crippen LogP contribution in [-0.4, -0.2) is 60.2 Å². The molecule has 1 amide bonds. The number of carbonyl (C=O) groups is 1. The monoisotopic (exact) mass is 385 g/mol. The number of amides is 1. The molecule has 4 rings (SSSR count). The number of morpholine rings is 1. The number of fused-ring (bicyclic) bond motifs is 1. The molecule has 1 saturated heterocycles. The van der Waals surface area contributed by atoms with Crippen LogP contribution in [0.2, 0.25) is 0 Å². The van der Waals surface area contributed by atoms with E-state index in [0.717, 1.165) is 39.3 Å². The highest BCUT2D eigenvalue weighted by atomic mass is 19.1. The lowest BCUT2D eigenvalue weighted by molar-refractivity contribution is 0.0347. The average molecular weight is 385 g/mol. The van der Waals surface area contributed by atoms with Crippen molar-refractivity contribution in [3.05, 3.63) is 59.4 Å². The van der Waals surface area contributed by atoms with Crippen molar-refractivity contribution in [3.8, 4) is 5.75 Å². The number of para-hydroxylation sites is 1. The van der Waals surface area contributed by atoms with Gasteiger partial charge in [0.25, 0.3) is 5.91 Å². The second-order valence-electron chi connectivity index (χ2n) is 7.08. The molecule has 2 aromatic carbocycles. The number of nitrogens with zero attached hydrogens (tertiary/aromatic N) is 2. The fourth-order valence-electron chi connectivity index (χ4n) is 3.81. The third-order valence-electron chi connectivity index (χ3n) is 5.30. The van der Waals surface area contributed by atoms with Gasteiger partial charge in [-0.2, -0.15) is 0 Å². The SMILES string of the molecule is O=C1c2ccccc2NC(c2cccc(O)c2F)N1CCCN1CCOCC1. The molecule has 7 heteroatoms. The van der Waals surface area contributed by atoms with Gasteiger partial charge in [0.15, 0.2) is 11.6 Å². The third-order valence-corrected chi connectivity index (χ3v) is 5.30. The van der Waals surface area contributed by atoms with Gasteiger partial charge >= 0.3 is 0 Å². The summed E-state index contributed by atoms with van der Waals surface area (Å²) in [4.78, 5) is 17.1. The summed E-state index contributed by atoms with van der Waals surface area (Å²) in [7, 11) is 0. The molecule has 1 unspecified atom stereocenters. The van der Waals surface area contributed by atoms with E-state index < -0.39 is 17.7 Å². The molecule has 28 heavy (non-hydrogen) atoms.